The fraction of sp³-hybridized carbons (Fsp3) is 0.280. The van der Waals surface area contributed by atoms with E-state index in [4.69, 9.17) is 16.3 Å². The Morgan fingerprint density at radius 1 is 1.23 bits per heavy atom. The summed E-state index contributed by atoms with van der Waals surface area (Å²) in [5.41, 5.74) is 5.15. The molecule has 0 spiro atoms. The number of halogens is 1. The molecule has 30 heavy (non-hydrogen) atoms. The molecule has 0 aromatic heterocycles. The zero-order chi connectivity index (χ0) is 21.8. The number of benzene rings is 2. The fourth-order valence-electron chi connectivity index (χ4n) is 3.90. The van der Waals surface area contributed by atoms with Crippen molar-refractivity contribution in [2.45, 2.75) is 39.7 Å². The maximum Gasteiger partial charge on any atom is 0.336 e. The molecule has 2 aromatic rings. The minimum Gasteiger partial charge on any atom is -0.458 e. The molecule has 1 amide bonds. The first-order valence-corrected chi connectivity index (χ1v) is 10.3. The largest absolute Gasteiger partial charge is 0.458 e. The summed E-state index contributed by atoms with van der Waals surface area (Å²) in [4.78, 5) is 27.8. The van der Waals surface area contributed by atoms with Gasteiger partial charge in [-0.25, -0.2) is 4.79 Å². The van der Waals surface area contributed by atoms with Crippen molar-refractivity contribution in [2.24, 2.45) is 0 Å². The second kappa shape index (κ2) is 9.31. The number of carbonyl (C=O) groups is 2. The monoisotopic (exact) mass is 423 g/mol. The van der Waals surface area contributed by atoms with E-state index in [-0.39, 0.29) is 24.9 Å². The van der Waals surface area contributed by atoms with Gasteiger partial charge in [0.05, 0.1) is 12.1 Å². The molecule has 156 valence electrons. The molecular weight excluding hydrogens is 398 g/mol. The third kappa shape index (κ3) is 4.65. The predicted molar refractivity (Wildman–Crippen MR) is 119 cm³/mol. The number of allylic oxidation sites excluding steroid dienone is 1. The zero-order valence-corrected chi connectivity index (χ0v) is 18.3. The Labute approximate surface area is 182 Å². The minimum absolute atomic E-state index is 0.0290. The summed E-state index contributed by atoms with van der Waals surface area (Å²) in [6.45, 7) is 9.91. The van der Waals surface area contributed by atoms with Crippen LogP contribution in [0.2, 0.25) is 5.02 Å². The van der Waals surface area contributed by atoms with Gasteiger partial charge in [-0.3, -0.25) is 4.79 Å². The van der Waals surface area contributed by atoms with Crippen molar-refractivity contribution in [3.05, 3.63) is 93.7 Å². The lowest BCUT2D eigenvalue weighted by molar-refractivity contribution is -0.139. The molecule has 2 aromatic carbocycles. The highest BCUT2D eigenvalue weighted by atomic mass is 35.5. The second-order valence-corrected chi connectivity index (χ2v) is 8.05. The van der Waals surface area contributed by atoms with Crippen LogP contribution in [0.5, 0.6) is 0 Å². The molecule has 1 heterocycles. The highest BCUT2D eigenvalue weighted by Gasteiger charge is 2.37. The van der Waals surface area contributed by atoms with E-state index in [9.17, 15) is 9.59 Å². The van der Waals surface area contributed by atoms with Crippen LogP contribution in [0.4, 0.5) is 0 Å². The Kier molecular flexibility index (Phi) is 6.78. The van der Waals surface area contributed by atoms with Crippen LogP contribution in [0.1, 0.15) is 41.5 Å². The van der Waals surface area contributed by atoms with Crippen molar-refractivity contribution in [1.82, 2.24) is 4.90 Å². The average molecular weight is 424 g/mol. The van der Waals surface area contributed by atoms with Gasteiger partial charge >= 0.3 is 5.97 Å². The summed E-state index contributed by atoms with van der Waals surface area (Å²) in [6, 6.07) is 13.5. The van der Waals surface area contributed by atoms with Crippen molar-refractivity contribution in [2.75, 3.05) is 6.61 Å². The number of ether oxygens (including phenoxy) is 1. The van der Waals surface area contributed by atoms with Gasteiger partial charge in [0.1, 0.15) is 6.61 Å². The van der Waals surface area contributed by atoms with Gasteiger partial charge in [-0.05, 0) is 49.6 Å². The summed E-state index contributed by atoms with van der Waals surface area (Å²) in [7, 11) is 0. The normalized spacial score (nSPS) is 16.6. The van der Waals surface area contributed by atoms with E-state index in [2.05, 4.69) is 6.58 Å². The van der Waals surface area contributed by atoms with Crippen molar-refractivity contribution in [1.29, 1.82) is 0 Å². The van der Waals surface area contributed by atoms with Crippen LogP contribution in [0.3, 0.4) is 0 Å². The molecule has 5 heteroatoms. The van der Waals surface area contributed by atoms with E-state index in [1.807, 2.05) is 57.2 Å². The lowest BCUT2D eigenvalue weighted by atomic mass is 9.81. The van der Waals surface area contributed by atoms with E-state index < -0.39 is 5.97 Å². The molecule has 0 saturated carbocycles. The summed E-state index contributed by atoms with van der Waals surface area (Å²) in [5, 5.41) is 0.609. The molecule has 1 aliphatic heterocycles. The Hall–Kier alpha value is -2.85. The summed E-state index contributed by atoms with van der Waals surface area (Å²) >= 11 is 6.11. The number of hydrogen-bond donors (Lipinski definition) is 0. The van der Waals surface area contributed by atoms with Crippen molar-refractivity contribution in [3.8, 4) is 0 Å². The first kappa shape index (κ1) is 21.8. The van der Waals surface area contributed by atoms with Crippen molar-refractivity contribution >= 4 is 23.5 Å². The van der Waals surface area contributed by atoms with Gasteiger partial charge in [0.2, 0.25) is 5.91 Å². The second-order valence-electron chi connectivity index (χ2n) is 7.61. The van der Waals surface area contributed by atoms with Crippen LogP contribution in [0, 0.1) is 13.8 Å². The van der Waals surface area contributed by atoms with Gasteiger partial charge in [0, 0.05) is 23.1 Å². The lowest BCUT2D eigenvalue weighted by Crippen LogP contribution is -2.38. The maximum atomic E-state index is 13.1. The van der Waals surface area contributed by atoms with E-state index in [1.165, 1.54) is 0 Å². The molecule has 3 rings (SSSR count). The van der Waals surface area contributed by atoms with E-state index in [0.29, 0.717) is 22.8 Å². The number of hydrogen-bond acceptors (Lipinski definition) is 3. The lowest BCUT2D eigenvalue weighted by Gasteiger charge is -2.35. The summed E-state index contributed by atoms with van der Waals surface area (Å²) in [5.74, 6) is -0.786. The van der Waals surface area contributed by atoms with Crippen LogP contribution < -0.4 is 0 Å². The highest BCUT2D eigenvalue weighted by Crippen LogP contribution is 2.39. The SMILES string of the molecule is C=CCOC(=O)C1=C(C)N(Cc2cccc(Cl)c2)C(=O)C[C@@H]1c1cc(C)ccc1C. The molecule has 0 saturated heterocycles. The predicted octanol–water partition coefficient (Wildman–Crippen LogP) is 5.48. The smallest absolute Gasteiger partial charge is 0.336 e. The van der Waals surface area contributed by atoms with E-state index >= 15 is 0 Å². The van der Waals surface area contributed by atoms with E-state index in [0.717, 1.165) is 22.3 Å². The quantitative estimate of drug-likeness (QED) is 0.456. The number of aryl methyl sites for hydroxylation is 2. The Morgan fingerprint density at radius 3 is 2.70 bits per heavy atom. The number of carbonyl (C=O) groups excluding carboxylic acids is 2. The first-order valence-electron chi connectivity index (χ1n) is 9.92. The van der Waals surface area contributed by atoms with Crippen LogP contribution >= 0.6 is 11.6 Å². The number of esters is 1. The van der Waals surface area contributed by atoms with Gasteiger partial charge < -0.3 is 9.64 Å². The molecule has 0 unspecified atom stereocenters. The van der Waals surface area contributed by atoms with Gasteiger partial charge in [-0.1, -0.05) is 60.2 Å². The molecule has 0 bridgehead atoms. The maximum absolute atomic E-state index is 13.1. The Balaban J connectivity index is 2.07. The standard InChI is InChI=1S/C25H26ClNO3/c1-5-11-30-25(29)24-18(4)27(15-19-7-6-8-20(26)13-19)23(28)14-22(24)21-12-16(2)9-10-17(21)3/h5-10,12-13,22H,1,11,14-15H2,2-4H3/t22-/m1/s1. The third-order valence-electron chi connectivity index (χ3n) is 5.41. The summed E-state index contributed by atoms with van der Waals surface area (Å²) < 4.78 is 5.40. The van der Waals surface area contributed by atoms with Gasteiger partial charge in [-0.2, -0.15) is 0 Å². The number of nitrogens with zero attached hydrogens (tertiary/aromatic N) is 1. The molecular formula is C25H26ClNO3. The van der Waals surface area contributed by atoms with Gasteiger partial charge in [-0.15, -0.1) is 0 Å². The molecule has 0 aliphatic carbocycles. The molecule has 0 radical (unpaired) electrons. The van der Waals surface area contributed by atoms with Gasteiger partial charge in [0.15, 0.2) is 0 Å². The number of amides is 1. The fourth-order valence-corrected chi connectivity index (χ4v) is 4.11. The number of rotatable bonds is 6. The average Bonchev–Trinajstić information content (AvgIpc) is 2.70. The van der Waals surface area contributed by atoms with Crippen LogP contribution in [0.25, 0.3) is 0 Å². The molecule has 0 fully saturated rings. The van der Waals surface area contributed by atoms with Gasteiger partial charge in [0.25, 0.3) is 0 Å². The molecule has 1 aliphatic rings. The van der Waals surface area contributed by atoms with Crippen molar-refractivity contribution in [3.63, 3.8) is 0 Å². The Bertz CT molecular complexity index is 1020. The van der Waals surface area contributed by atoms with Crippen LogP contribution in [-0.4, -0.2) is 23.4 Å². The molecule has 4 nitrogen and oxygen atoms in total. The highest BCUT2D eigenvalue weighted by molar-refractivity contribution is 6.30. The zero-order valence-electron chi connectivity index (χ0n) is 17.6. The van der Waals surface area contributed by atoms with Crippen molar-refractivity contribution < 1.29 is 14.3 Å². The first-order chi connectivity index (χ1) is 14.3. The minimum atomic E-state index is -0.415. The topological polar surface area (TPSA) is 46.6 Å². The third-order valence-corrected chi connectivity index (χ3v) is 5.65. The van der Waals surface area contributed by atoms with E-state index in [1.54, 1.807) is 17.0 Å². The molecule has 1 atom stereocenters. The van der Waals surface area contributed by atoms with Crippen LogP contribution in [0.15, 0.2) is 66.4 Å². The van der Waals surface area contributed by atoms with Crippen LogP contribution in [-0.2, 0) is 20.9 Å². The summed E-state index contributed by atoms with van der Waals surface area (Å²) in [6.07, 6.45) is 1.75. The molecule has 0 N–H and O–H groups in total. The Morgan fingerprint density at radius 2 is 2.00 bits per heavy atom.